The van der Waals surface area contributed by atoms with E-state index in [1.807, 2.05) is 0 Å². The van der Waals surface area contributed by atoms with Crippen LogP contribution in [0.3, 0.4) is 0 Å². The van der Waals surface area contributed by atoms with Gasteiger partial charge in [0.1, 0.15) is 0 Å². The molecule has 1 atom stereocenters. The Morgan fingerprint density at radius 1 is 1.54 bits per heavy atom. The molecule has 0 bridgehead atoms. The fraction of sp³-hybridized carbons (Fsp3) is 0.714. The molecule has 0 rings (SSSR count). The molecule has 0 aromatic heterocycles. The molecule has 0 radical (unpaired) electrons. The molecule has 0 unspecified atom stereocenters. The van der Waals surface area contributed by atoms with Crippen molar-refractivity contribution in [3.63, 3.8) is 0 Å². The third-order valence-corrected chi connectivity index (χ3v) is 1.51. The molecule has 13 heavy (non-hydrogen) atoms. The van der Waals surface area contributed by atoms with E-state index >= 15 is 0 Å². The normalized spacial score (nSPS) is 11.9. The first-order valence-electron chi connectivity index (χ1n) is 4.02. The molecule has 0 aromatic rings. The molecule has 0 spiro atoms. The molecule has 0 aliphatic carbocycles. The Morgan fingerprint density at radius 3 is 2.62 bits per heavy atom. The summed E-state index contributed by atoms with van der Waals surface area (Å²) in [6.45, 7) is 1.90. The van der Waals surface area contributed by atoms with Gasteiger partial charge in [-0.3, -0.25) is 14.8 Å². The fourth-order valence-corrected chi connectivity index (χ4v) is 0.800. The van der Waals surface area contributed by atoms with Gasteiger partial charge in [-0.25, -0.2) is 5.48 Å². The summed E-state index contributed by atoms with van der Waals surface area (Å²) in [6.07, 6.45) is 1.03. The maximum absolute atomic E-state index is 10.7. The topological polar surface area (TPSA) is 104 Å². The summed E-state index contributed by atoms with van der Waals surface area (Å²) in [4.78, 5) is 21.1. The van der Waals surface area contributed by atoms with Crippen LogP contribution in [-0.4, -0.2) is 29.6 Å². The van der Waals surface area contributed by atoms with E-state index in [-0.39, 0.29) is 5.91 Å². The van der Waals surface area contributed by atoms with Gasteiger partial charge in [0.15, 0.2) is 0 Å². The minimum absolute atomic E-state index is 0.111. The molecule has 0 aromatic carbocycles. The first kappa shape index (κ1) is 11.9. The first-order valence-corrected chi connectivity index (χ1v) is 4.02. The summed E-state index contributed by atoms with van der Waals surface area (Å²) in [7, 11) is 0. The van der Waals surface area contributed by atoms with Crippen molar-refractivity contribution < 1.29 is 14.8 Å². The molecule has 0 heterocycles. The zero-order chi connectivity index (χ0) is 10.3. The highest BCUT2D eigenvalue weighted by atomic mass is 16.5. The Morgan fingerprint density at radius 2 is 2.15 bits per heavy atom. The Hall–Kier alpha value is -1.14. The third-order valence-electron chi connectivity index (χ3n) is 1.51. The Kier molecular flexibility index (Phi) is 5.82. The van der Waals surface area contributed by atoms with E-state index in [4.69, 9.17) is 10.9 Å². The van der Waals surface area contributed by atoms with Gasteiger partial charge in [-0.05, 0) is 12.8 Å². The molecule has 0 saturated heterocycles. The van der Waals surface area contributed by atoms with Crippen molar-refractivity contribution in [3.05, 3.63) is 0 Å². The lowest BCUT2D eigenvalue weighted by Gasteiger charge is -2.08. The quantitative estimate of drug-likeness (QED) is 0.246. The molecule has 0 aliphatic heterocycles. The van der Waals surface area contributed by atoms with Gasteiger partial charge in [0.05, 0.1) is 6.04 Å². The van der Waals surface area contributed by atoms with Gasteiger partial charge >= 0.3 is 0 Å². The van der Waals surface area contributed by atoms with Gasteiger partial charge in [-0.2, -0.15) is 0 Å². The lowest BCUT2D eigenvalue weighted by atomic mass is 10.1. The second-order valence-electron chi connectivity index (χ2n) is 2.71. The number of hydroxylamine groups is 1. The summed E-state index contributed by atoms with van der Waals surface area (Å²) in [6, 6.07) is -0.723. The van der Waals surface area contributed by atoms with Crippen LogP contribution in [0.15, 0.2) is 0 Å². The summed E-state index contributed by atoms with van der Waals surface area (Å²) in [5.41, 5.74) is 6.82. The van der Waals surface area contributed by atoms with E-state index in [0.29, 0.717) is 19.4 Å². The standard InChI is InChI=1S/C7H15N3O3/c1-5(11)9-4-2-3-6(8)7(12)10-13/h6,13H,2-4,8H2,1H3,(H,9,11)(H,10,12)/t6-/m0/s1. The van der Waals surface area contributed by atoms with Crippen LogP contribution in [0.2, 0.25) is 0 Å². The van der Waals surface area contributed by atoms with E-state index in [2.05, 4.69) is 5.32 Å². The molecule has 2 amide bonds. The second-order valence-corrected chi connectivity index (χ2v) is 2.71. The number of nitrogens with one attached hydrogen (secondary N) is 2. The number of amides is 2. The molecule has 0 aliphatic rings. The summed E-state index contributed by atoms with van der Waals surface area (Å²) in [5.74, 6) is -0.719. The fourth-order valence-electron chi connectivity index (χ4n) is 0.800. The van der Waals surface area contributed by atoms with Crippen molar-refractivity contribution in [2.24, 2.45) is 5.73 Å². The van der Waals surface area contributed by atoms with E-state index in [1.165, 1.54) is 12.4 Å². The number of hydrogen-bond acceptors (Lipinski definition) is 4. The smallest absolute Gasteiger partial charge is 0.260 e. The first-order chi connectivity index (χ1) is 6.07. The molecule has 5 N–H and O–H groups in total. The maximum atomic E-state index is 10.7. The maximum Gasteiger partial charge on any atom is 0.260 e. The van der Waals surface area contributed by atoms with E-state index in [9.17, 15) is 9.59 Å². The predicted octanol–water partition coefficient (Wildman–Crippen LogP) is -1.26. The molecule has 0 saturated carbocycles. The van der Waals surface area contributed by atoms with Crippen molar-refractivity contribution in [2.75, 3.05) is 6.54 Å². The van der Waals surface area contributed by atoms with Crippen LogP contribution in [0.5, 0.6) is 0 Å². The number of carbonyl (C=O) groups is 2. The number of nitrogens with two attached hydrogens (primary N) is 1. The molecule has 6 nitrogen and oxygen atoms in total. The highest BCUT2D eigenvalue weighted by Crippen LogP contribution is 1.92. The van der Waals surface area contributed by atoms with E-state index in [0.717, 1.165) is 0 Å². The molecular formula is C7H15N3O3. The van der Waals surface area contributed by atoms with E-state index in [1.54, 1.807) is 0 Å². The molecular weight excluding hydrogens is 174 g/mol. The van der Waals surface area contributed by atoms with Crippen molar-refractivity contribution in [2.45, 2.75) is 25.8 Å². The Labute approximate surface area is 76.4 Å². The monoisotopic (exact) mass is 189 g/mol. The lowest BCUT2D eigenvalue weighted by Crippen LogP contribution is -2.39. The van der Waals surface area contributed by atoms with Crippen LogP contribution in [-0.2, 0) is 9.59 Å². The third kappa shape index (κ3) is 6.06. The zero-order valence-electron chi connectivity index (χ0n) is 7.54. The SMILES string of the molecule is CC(=O)NCCC[C@H](N)C(=O)NO. The van der Waals surface area contributed by atoms with Crippen molar-refractivity contribution in [1.82, 2.24) is 10.8 Å². The van der Waals surface area contributed by atoms with Crippen LogP contribution in [0, 0.1) is 0 Å². The highest BCUT2D eigenvalue weighted by molar-refractivity contribution is 5.80. The van der Waals surface area contributed by atoms with Gasteiger partial charge in [0.25, 0.3) is 5.91 Å². The number of rotatable bonds is 5. The number of hydrogen-bond donors (Lipinski definition) is 4. The zero-order valence-corrected chi connectivity index (χ0v) is 7.54. The average molecular weight is 189 g/mol. The lowest BCUT2D eigenvalue weighted by molar-refractivity contribution is -0.130. The van der Waals surface area contributed by atoms with Crippen LogP contribution >= 0.6 is 0 Å². The molecule has 76 valence electrons. The van der Waals surface area contributed by atoms with Crippen molar-refractivity contribution in [1.29, 1.82) is 0 Å². The largest absolute Gasteiger partial charge is 0.356 e. The van der Waals surface area contributed by atoms with Gasteiger partial charge < -0.3 is 11.1 Å². The van der Waals surface area contributed by atoms with Crippen LogP contribution in [0.1, 0.15) is 19.8 Å². The van der Waals surface area contributed by atoms with Crippen molar-refractivity contribution in [3.8, 4) is 0 Å². The van der Waals surface area contributed by atoms with Crippen molar-refractivity contribution >= 4 is 11.8 Å². The second kappa shape index (κ2) is 6.38. The summed E-state index contributed by atoms with van der Waals surface area (Å²) < 4.78 is 0. The number of carbonyl (C=O) groups excluding carboxylic acids is 2. The minimum Gasteiger partial charge on any atom is -0.356 e. The van der Waals surface area contributed by atoms with Gasteiger partial charge in [0.2, 0.25) is 5.91 Å². The molecule has 0 fully saturated rings. The van der Waals surface area contributed by atoms with Crippen LogP contribution in [0.4, 0.5) is 0 Å². The average Bonchev–Trinajstić information content (AvgIpc) is 2.10. The van der Waals surface area contributed by atoms with Gasteiger partial charge in [-0.1, -0.05) is 0 Å². The van der Waals surface area contributed by atoms with Gasteiger partial charge in [0, 0.05) is 13.5 Å². The summed E-state index contributed by atoms with van der Waals surface area (Å²) >= 11 is 0. The van der Waals surface area contributed by atoms with Crippen LogP contribution in [0.25, 0.3) is 0 Å². The van der Waals surface area contributed by atoms with Gasteiger partial charge in [-0.15, -0.1) is 0 Å². The predicted molar refractivity (Wildman–Crippen MR) is 45.8 cm³/mol. The minimum atomic E-state index is -0.723. The Bertz CT molecular complexity index is 184. The van der Waals surface area contributed by atoms with E-state index < -0.39 is 11.9 Å². The summed E-state index contributed by atoms with van der Waals surface area (Å²) in [5, 5.41) is 10.8. The van der Waals surface area contributed by atoms with Crippen LogP contribution < -0.4 is 16.5 Å². The Balaban J connectivity index is 3.42. The highest BCUT2D eigenvalue weighted by Gasteiger charge is 2.10. The molecule has 6 heteroatoms.